The Morgan fingerprint density at radius 2 is 1.65 bits per heavy atom. The molecule has 1 amide bonds. The molecule has 5 nitrogen and oxygen atoms in total. The molecule has 5 heteroatoms. The summed E-state index contributed by atoms with van der Waals surface area (Å²) in [5.41, 5.74) is 14.7. The van der Waals surface area contributed by atoms with Gasteiger partial charge in [-0.3, -0.25) is 15.6 Å². The fraction of sp³-hybridized carbons (Fsp3) is 0.250. The average molecular weight is 491 g/mol. The van der Waals surface area contributed by atoms with Crippen LogP contribution in [0.3, 0.4) is 0 Å². The molecule has 0 bridgehead atoms. The summed E-state index contributed by atoms with van der Waals surface area (Å²) >= 11 is 0. The predicted molar refractivity (Wildman–Crippen MR) is 153 cm³/mol. The van der Waals surface area contributed by atoms with E-state index in [1.807, 2.05) is 30.3 Å². The molecular formula is C32H34N4O. The molecule has 0 saturated heterocycles. The first-order valence-electron chi connectivity index (χ1n) is 12.9. The van der Waals surface area contributed by atoms with Crippen LogP contribution in [0, 0.1) is 26.7 Å². The van der Waals surface area contributed by atoms with Gasteiger partial charge < -0.3 is 4.57 Å². The number of nitrogens with zero attached hydrogens (tertiary/aromatic N) is 2. The van der Waals surface area contributed by atoms with Crippen molar-refractivity contribution in [2.24, 2.45) is 5.92 Å². The Balaban J connectivity index is 1.43. The summed E-state index contributed by atoms with van der Waals surface area (Å²) in [6, 6.07) is 26.9. The number of hydrogen-bond acceptors (Lipinski definition) is 3. The molecule has 0 fully saturated rings. The van der Waals surface area contributed by atoms with Gasteiger partial charge in [-0.05, 0) is 73.7 Å². The van der Waals surface area contributed by atoms with E-state index >= 15 is 0 Å². The number of aryl methyl sites for hydroxylation is 3. The highest BCUT2D eigenvalue weighted by molar-refractivity contribution is 6.08. The lowest BCUT2D eigenvalue weighted by Gasteiger charge is -2.21. The molecule has 0 radical (unpaired) electrons. The van der Waals surface area contributed by atoms with Gasteiger partial charge in [0, 0.05) is 23.0 Å². The number of amides is 1. The molecule has 0 saturated carbocycles. The zero-order valence-corrected chi connectivity index (χ0v) is 22.2. The van der Waals surface area contributed by atoms with Crippen molar-refractivity contribution in [1.82, 2.24) is 15.0 Å². The van der Waals surface area contributed by atoms with Crippen LogP contribution in [-0.2, 0) is 11.3 Å². The molecule has 2 N–H and O–H groups in total. The van der Waals surface area contributed by atoms with Crippen LogP contribution in [0.15, 0.2) is 78.9 Å². The summed E-state index contributed by atoms with van der Waals surface area (Å²) in [6.07, 6.45) is 0. The zero-order valence-electron chi connectivity index (χ0n) is 22.2. The number of carbonyl (C=O) groups excluding carboxylic acids is 1. The van der Waals surface area contributed by atoms with Crippen LogP contribution in [0.5, 0.6) is 0 Å². The minimum absolute atomic E-state index is 0.0421. The van der Waals surface area contributed by atoms with Gasteiger partial charge >= 0.3 is 0 Å². The Hall–Kier alpha value is -4.12. The second-order valence-corrected chi connectivity index (χ2v) is 10.3. The van der Waals surface area contributed by atoms with Crippen molar-refractivity contribution < 1.29 is 4.79 Å². The summed E-state index contributed by atoms with van der Waals surface area (Å²) in [5, 5.41) is 2.47. The lowest BCUT2D eigenvalue weighted by atomic mass is 9.87. The Morgan fingerprint density at radius 3 is 2.35 bits per heavy atom. The summed E-state index contributed by atoms with van der Waals surface area (Å²) in [7, 11) is 0. The van der Waals surface area contributed by atoms with Crippen LogP contribution in [-0.4, -0.2) is 15.5 Å². The van der Waals surface area contributed by atoms with E-state index in [0.29, 0.717) is 6.54 Å². The van der Waals surface area contributed by atoms with Gasteiger partial charge in [-0.25, -0.2) is 4.98 Å². The van der Waals surface area contributed by atoms with Crippen LogP contribution in [0.4, 0.5) is 5.69 Å². The third-order valence-corrected chi connectivity index (χ3v) is 7.03. The molecule has 0 aliphatic heterocycles. The zero-order chi connectivity index (χ0) is 26.1. The number of carbonyl (C=O) groups is 1. The summed E-state index contributed by atoms with van der Waals surface area (Å²) in [6.45, 7) is 11.2. The van der Waals surface area contributed by atoms with E-state index in [1.54, 1.807) is 0 Å². The van der Waals surface area contributed by atoms with Gasteiger partial charge in [0.05, 0.1) is 17.1 Å². The minimum atomic E-state index is -0.256. The molecule has 2 heterocycles. The highest BCUT2D eigenvalue weighted by Crippen LogP contribution is 2.32. The Morgan fingerprint density at radius 1 is 0.919 bits per heavy atom. The van der Waals surface area contributed by atoms with Crippen molar-refractivity contribution in [3.8, 4) is 0 Å². The number of aromatic nitrogens is 2. The molecule has 0 aliphatic carbocycles. The maximum atomic E-state index is 13.1. The van der Waals surface area contributed by atoms with Gasteiger partial charge in [-0.15, -0.1) is 0 Å². The van der Waals surface area contributed by atoms with Gasteiger partial charge in [0.15, 0.2) is 0 Å². The molecule has 2 aromatic heterocycles. The van der Waals surface area contributed by atoms with E-state index in [4.69, 9.17) is 4.98 Å². The first-order chi connectivity index (χ1) is 17.8. The topological polar surface area (TPSA) is 59.0 Å². The smallest absolute Gasteiger partial charge is 0.246 e. The molecular weight excluding hydrogens is 456 g/mol. The van der Waals surface area contributed by atoms with Crippen LogP contribution >= 0.6 is 0 Å². The van der Waals surface area contributed by atoms with E-state index in [0.717, 1.165) is 22.6 Å². The molecule has 37 heavy (non-hydrogen) atoms. The Bertz CT molecular complexity index is 1570. The van der Waals surface area contributed by atoms with Gasteiger partial charge in [0.1, 0.15) is 5.65 Å². The largest absolute Gasteiger partial charge is 0.321 e. The minimum Gasteiger partial charge on any atom is -0.321 e. The number of hydrazine groups is 1. The lowest BCUT2D eigenvalue weighted by Crippen LogP contribution is -2.36. The number of hydrogen-bond donors (Lipinski definition) is 2. The number of pyridine rings is 1. The third-order valence-electron chi connectivity index (χ3n) is 7.03. The molecule has 3 aromatic carbocycles. The summed E-state index contributed by atoms with van der Waals surface area (Å²) in [5.74, 6) is -0.146. The van der Waals surface area contributed by atoms with Crippen molar-refractivity contribution in [2.75, 3.05) is 5.43 Å². The molecule has 0 spiro atoms. The third kappa shape index (κ3) is 4.94. The van der Waals surface area contributed by atoms with Gasteiger partial charge in [-0.2, -0.15) is 0 Å². The van der Waals surface area contributed by atoms with E-state index < -0.39 is 0 Å². The second-order valence-electron chi connectivity index (χ2n) is 10.3. The summed E-state index contributed by atoms with van der Waals surface area (Å²) < 4.78 is 2.32. The number of fused-ring (bicyclic) bond motifs is 3. The number of anilines is 1. The van der Waals surface area contributed by atoms with Crippen molar-refractivity contribution in [3.05, 3.63) is 107 Å². The number of rotatable bonds is 7. The second kappa shape index (κ2) is 10.1. The van der Waals surface area contributed by atoms with Crippen LogP contribution in [0.1, 0.15) is 47.7 Å². The van der Waals surface area contributed by atoms with Crippen LogP contribution < -0.4 is 10.9 Å². The van der Waals surface area contributed by atoms with Crippen LogP contribution in [0.2, 0.25) is 0 Å². The standard InChI is InChI=1S/C32H34N4O/c1-20(2)29(32(37)35-34-26-9-7-6-8-10-26)25-14-12-24(13-15-25)19-36-28-16-11-21(3)17-27(28)30-22(4)18-23(5)33-31(30)36/h6-18,20,29,34H,19H2,1-5H3,(H,35,37). The number of para-hydroxylation sites is 1. The average Bonchev–Trinajstić information content (AvgIpc) is 3.16. The van der Waals surface area contributed by atoms with Crippen molar-refractivity contribution >= 4 is 33.5 Å². The van der Waals surface area contributed by atoms with Crippen molar-refractivity contribution in [2.45, 2.75) is 47.1 Å². The Labute approximate surface area is 218 Å². The van der Waals surface area contributed by atoms with Crippen LogP contribution in [0.25, 0.3) is 21.9 Å². The highest BCUT2D eigenvalue weighted by Gasteiger charge is 2.24. The first kappa shape index (κ1) is 24.6. The van der Waals surface area contributed by atoms with Gasteiger partial charge in [-0.1, -0.05) is 67.9 Å². The van der Waals surface area contributed by atoms with Crippen molar-refractivity contribution in [1.29, 1.82) is 0 Å². The maximum absolute atomic E-state index is 13.1. The maximum Gasteiger partial charge on any atom is 0.246 e. The van der Waals surface area contributed by atoms with Crippen molar-refractivity contribution in [3.63, 3.8) is 0 Å². The molecule has 188 valence electrons. The molecule has 5 aromatic rings. The quantitative estimate of drug-likeness (QED) is 0.240. The SMILES string of the molecule is Cc1ccc2c(c1)c1c(C)cc(C)nc1n2Cc1ccc(C(C(=O)NNc2ccccc2)C(C)C)cc1. The van der Waals surface area contributed by atoms with E-state index in [2.05, 4.69) is 98.6 Å². The Kier molecular flexibility index (Phi) is 6.70. The normalized spacial score (nSPS) is 12.3. The molecule has 1 unspecified atom stereocenters. The monoisotopic (exact) mass is 490 g/mol. The van der Waals surface area contributed by atoms with Gasteiger partial charge in [0.25, 0.3) is 0 Å². The number of nitrogens with one attached hydrogen (secondary N) is 2. The molecule has 0 aliphatic rings. The van der Waals surface area contributed by atoms with Gasteiger partial charge in [0.2, 0.25) is 5.91 Å². The molecule has 1 atom stereocenters. The first-order valence-corrected chi connectivity index (χ1v) is 12.9. The fourth-order valence-corrected chi connectivity index (χ4v) is 5.29. The summed E-state index contributed by atoms with van der Waals surface area (Å²) in [4.78, 5) is 18.0. The fourth-order valence-electron chi connectivity index (χ4n) is 5.29. The van der Waals surface area contributed by atoms with E-state index in [1.165, 1.54) is 33.0 Å². The van der Waals surface area contributed by atoms with E-state index in [-0.39, 0.29) is 17.7 Å². The predicted octanol–water partition coefficient (Wildman–Crippen LogP) is 7.05. The number of benzene rings is 3. The highest BCUT2D eigenvalue weighted by atomic mass is 16.2. The van der Waals surface area contributed by atoms with E-state index in [9.17, 15) is 4.79 Å². The lowest BCUT2D eigenvalue weighted by molar-refractivity contribution is -0.123. The molecule has 5 rings (SSSR count).